The molecular formula is C5H4N4O. The van der Waals surface area contributed by atoms with Gasteiger partial charge in [-0.3, -0.25) is 0 Å². The van der Waals surface area contributed by atoms with E-state index in [-0.39, 0.29) is 0 Å². The van der Waals surface area contributed by atoms with Crippen LogP contribution >= 0.6 is 0 Å². The number of aromatic nitrogens is 4. The summed E-state index contributed by atoms with van der Waals surface area (Å²) in [6.07, 6.45) is 3.04. The van der Waals surface area contributed by atoms with Crippen molar-refractivity contribution < 1.29 is 4.42 Å². The Labute approximate surface area is 56.3 Å². The Hall–Kier alpha value is -1.65. The minimum Gasteiger partial charge on any atom is -0.447 e. The molecule has 0 atom stereocenters. The van der Waals surface area contributed by atoms with E-state index in [0.717, 1.165) is 0 Å². The van der Waals surface area contributed by atoms with Crippen molar-refractivity contribution >= 4 is 0 Å². The number of furan rings is 1. The predicted molar refractivity (Wildman–Crippen MR) is 31.4 cm³/mol. The van der Waals surface area contributed by atoms with Crippen molar-refractivity contribution in [1.29, 1.82) is 0 Å². The molecule has 5 nitrogen and oxygen atoms in total. The molecule has 0 saturated carbocycles. The van der Waals surface area contributed by atoms with Crippen LogP contribution < -0.4 is 0 Å². The molecular weight excluding hydrogens is 132 g/mol. The smallest absolute Gasteiger partial charge is 0.222 e. The zero-order valence-electron chi connectivity index (χ0n) is 5.01. The fraction of sp³-hybridized carbons (Fsp3) is 0. The van der Waals surface area contributed by atoms with E-state index in [1.807, 2.05) is 0 Å². The van der Waals surface area contributed by atoms with Gasteiger partial charge < -0.3 is 4.42 Å². The average Bonchev–Trinajstić information content (AvgIpc) is 2.59. The van der Waals surface area contributed by atoms with Gasteiger partial charge in [-0.25, -0.2) is 0 Å². The summed E-state index contributed by atoms with van der Waals surface area (Å²) in [5, 5.41) is 10.5. The molecule has 0 aliphatic carbocycles. The Balaban J connectivity index is 2.48. The van der Waals surface area contributed by atoms with E-state index in [2.05, 4.69) is 15.5 Å². The van der Waals surface area contributed by atoms with E-state index in [0.29, 0.717) is 5.88 Å². The summed E-state index contributed by atoms with van der Waals surface area (Å²) in [6, 6.07) is 3.55. The molecule has 0 unspecified atom stereocenters. The Bertz CT molecular complexity index is 253. The first-order chi connectivity index (χ1) is 4.97. The van der Waals surface area contributed by atoms with Crippen molar-refractivity contribution in [3.63, 3.8) is 0 Å². The molecule has 0 amide bonds. The third kappa shape index (κ3) is 0.680. The topological polar surface area (TPSA) is 56.7 Å². The highest BCUT2D eigenvalue weighted by molar-refractivity contribution is 5.13. The van der Waals surface area contributed by atoms with Gasteiger partial charge >= 0.3 is 0 Å². The average molecular weight is 136 g/mol. The molecule has 2 rings (SSSR count). The first-order valence-electron chi connectivity index (χ1n) is 2.74. The van der Waals surface area contributed by atoms with E-state index in [1.165, 1.54) is 11.0 Å². The molecule has 5 heteroatoms. The fourth-order valence-electron chi connectivity index (χ4n) is 0.663. The summed E-state index contributed by atoms with van der Waals surface area (Å²) in [5.74, 6) is 0.616. The number of hydrogen-bond donors (Lipinski definition) is 0. The zero-order chi connectivity index (χ0) is 6.81. The van der Waals surface area contributed by atoms with Crippen LogP contribution in [0.2, 0.25) is 0 Å². The molecule has 0 saturated heterocycles. The third-order valence-electron chi connectivity index (χ3n) is 1.08. The highest BCUT2D eigenvalue weighted by atomic mass is 16.3. The van der Waals surface area contributed by atoms with Gasteiger partial charge in [0.2, 0.25) is 5.88 Å². The second-order valence-electron chi connectivity index (χ2n) is 1.71. The first-order valence-corrected chi connectivity index (χ1v) is 2.74. The zero-order valence-corrected chi connectivity index (χ0v) is 5.01. The lowest BCUT2D eigenvalue weighted by Crippen LogP contribution is -1.91. The van der Waals surface area contributed by atoms with Crippen LogP contribution in [0.5, 0.6) is 0 Å². The minimum absolute atomic E-state index is 0.616. The van der Waals surface area contributed by atoms with Crippen molar-refractivity contribution in [3.8, 4) is 5.88 Å². The van der Waals surface area contributed by atoms with Crippen LogP contribution in [-0.2, 0) is 0 Å². The first kappa shape index (κ1) is 5.16. The molecule has 10 heavy (non-hydrogen) atoms. The minimum atomic E-state index is 0.616. The van der Waals surface area contributed by atoms with E-state index in [4.69, 9.17) is 4.42 Å². The van der Waals surface area contributed by atoms with Gasteiger partial charge in [-0.1, -0.05) is 0 Å². The highest BCUT2D eigenvalue weighted by Gasteiger charge is 1.96. The molecule has 0 fully saturated rings. The second kappa shape index (κ2) is 1.94. The summed E-state index contributed by atoms with van der Waals surface area (Å²) >= 11 is 0. The Morgan fingerprint density at radius 2 is 2.50 bits per heavy atom. The molecule has 0 aliphatic heterocycles. The molecule has 50 valence electrons. The van der Waals surface area contributed by atoms with Crippen LogP contribution in [0, 0.1) is 0 Å². The van der Waals surface area contributed by atoms with Crippen LogP contribution in [0.4, 0.5) is 0 Å². The van der Waals surface area contributed by atoms with Crippen LogP contribution in [0.3, 0.4) is 0 Å². The fourth-order valence-corrected chi connectivity index (χ4v) is 0.663. The molecule has 0 aromatic carbocycles. The number of tetrazole rings is 1. The van der Waals surface area contributed by atoms with Crippen molar-refractivity contribution in [1.82, 2.24) is 20.2 Å². The van der Waals surface area contributed by atoms with Crippen molar-refractivity contribution in [2.75, 3.05) is 0 Å². The number of nitrogens with zero attached hydrogens (tertiary/aromatic N) is 4. The summed E-state index contributed by atoms with van der Waals surface area (Å²) in [5.41, 5.74) is 0. The van der Waals surface area contributed by atoms with Gasteiger partial charge in [0.25, 0.3) is 0 Å². The molecule has 0 bridgehead atoms. The largest absolute Gasteiger partial charge is 0.447 e. The van der Waals surface area contributed by atoms with Gasteiger partial charge in [-0.15, -0.1) is 5.10 Å². The van der Waals surface area contributed by atoms with Gasteiger partial charge in [-0.05, 0) is 16.5 Å². The standard InChI is InChI=1S/C5H4N4O/c1-2-5(10-3-1)9-4-6-7-8-9/h1-4H. The van der Waals surface area contributed by atoms with E-state index in [9.17, 15) is 0 Å². The summed E-state index contributed by atoms with van der Waals surface area (Å²) in [4.78, 5) is 0. The van der Waals surface area contributed by atoms with Gasteiger partial charge in [-0.2, -0.15) is 4.68 Å². The molecule has 0 spiro atoms. The van der Waals surface area contributed by atoms with Gasteiger partial charge in [0.1, 0.15) is 6.33 Å². The molecule has 2 heterocycles. The number of hydrogen-bond acceptors (Lipinski definition) is 4. The molecule has 0 radical (unpaired) electrons. The molecule has 2 aromatic rings. The molecule has 0 aliphatic rings. The maximum atomic E-state index is 5.00. The van der Waals surface area contributed by atoms with E-state index in [1.54, 1.807) is 18.4 Å². The maximum absolute atomic E-state index is 5.00. The monoisotopic (exact) mass is 136 g/mol. The van der Waals surface area contributed by atoms with Crippen molar-refractivity contribution in [3.05, 3.63) is 24.7 Å². The Kier molecular flexibility index (Phi) is 1.00. The lowest BCUT2D eigenvalue weighted by Gasteiger charge is -1.87. The summed E-state index contributed by atoms with van der Waals surface area (Å²) in [7, 11) is 0. The van der Waals surface area contributed by atoms with Crippen molar-refractivity contribution in [2.24, 2.45) is 0 Å². The maximum Gasteiger partial charge on any atom is 0.222 e. The summed E-state index contributed by atoms with van der Waals surface area (Å²) in [6.45, 7) is 0. The van der Waals surface area contributed by atoms with Gasteiger partial charge in [0.05, 0.1) is 6.26 Å². The summed E-state index contributed by atoms with van der Waals surface area (Å²) < 4.78 is 6.44. The van der Waals surface area contributed by atoms with E-state index < -0.39 is 0 Å². The highest BCUT2D eigenvalue weighted by Crippen LogP contribution is 2.02. The van der Waals surface area contributed by atoms with Crippen LogP contribution in [-0.4, -0.2) is 20.2 Å². The lowest BCUT2D eigenvalue weighted by atomic mass is 10.6. The third-order valence-corrected chi connectivity index (χ3v) is 1.08. The van der Waals surface area contributed by atoms with Gasteiger partial charge in [0.15, 0.2) is 0 Å². The Morgan fingerprint density at radius 1 is 1.50 bits per heavy atom. The number of rotatable bonds is 1. The van der Waals surface area contributed by atoms with Crippen molar-refractivity contribution in [2.45, 2.75) is 0 Å². The second-order valence-corrected chi connectivity index (χ2v) is 1.71. The van der Waals surface area contributed by atoms with Crippen LogP contribution in [0.25, 0.3) is 5.88 Å². The van der Waals surface area contributed by atoms with E-state index >= 15 is 0 Å². The van der Waals surface area contributed by atoms with Crippen LogP contribution in [0.15, 0.2) is 29.1 Å². The van der Waals surface area contributed by atoms with Gasteiger partial charge in [0, 0.05) is 6.07 Å². The quantitative estimate of drug-likeness (QED) is 0.564. The lowest BCUT2D eigenvalue weighted by molar-refractivity contribution is 0.517. The molecule has 0 N–H and O–H groups in total. The normalized spacial score (nSPS) is 10.0. The van der Waals surface area contributed by atoms with Crippen LogP contribution in [0.1, 0.15) is 0 Å². The Morgan fingerprint density at radius 3 is 3.10 bits per heavy atom. The predicted octanol–water partition coefficient (Wildman–Crippen LogP) is 0.255. The SMILES string of the molecule is c1coc(-n2cnnn2)c1. The molecule has 2 aromatic heterocycles.